The zero-order valence-electron chi connectivity index (χ0n) is 12.9. The van der Waals surface area contributed by atoms with Gasteiger partial charge in [-0.1, -0.05) is 41.9 Å². The minimum Gasteiger partial charge on any atom is -0.280 e. The Balaban J connectivity index is 1.79. The van der Waals surface area contributed by atoms with Crippen molar-refractivity contribution in [2.75, 3.05) is 4.72 Å². The Morgan fingerprint density at radius 3 is 2.50 bits per heavy atom. The van der Waals surface area contributed by atoms with Gasteiger partial charge in [0.25, 0.3) is 10.0 Å². The van der Waals surface area contributed by atoms with Gasteiger partial charge in [-0.05, 0) is 60.0 Å². The number of aryl methyl sites for hydroxylation is 2. The molecule has 0 saturated carbocycles. The third-order valence-electron chi connectivity index (χ3n) is 4.46. The summed E-state index contributed by atoms with van der Waals surface area (Å²) in [5.41, 5.74) is 3.14. The molecule has 0 bridgehead atoms. The van der Waals surface area contributed by atoms with E-state index in [1.165, 1.54) is 11.1 Å². The van der Waals surface area contributed by atoms with Crippen molar-refractivity contribution in [2.45, 2.75) is 24.2 Å². The zero-order valence-corrected chi connectivity index (χ0v) is 14.5. The van der Waals surface area contributed by atoms with Gasteiger partial charge in [0.05, 0.1) is 4.90 Å². The molecule has 4 rings (SSSR count). The Labute approximate surface area is 146 Å². The van der Waals surface area contributed by atoms with Crippen molar-refractivity contribution in [3.05, 3.63) is 70.7 Å². The second kappa shape index (κ2) is 5.80. The molecular weight excluding hydrogens is 342 g/mol. The quantitative estimate of drug-likeness (QED) is 0.733. The van der Waals surface area contributed by atoms with E-state index in [0.29, 0.717) is 16.1 Å². The largest absolute Gasteiger partial charge is 0.280 e. The monoisotopic (exact) mass is 357 g/mol. The van der Waals surface area contributed by atoms with Gasteiger partial charge in [0.2, 0.25) is 0 Å². The van der Waals surface area contributed by atoms with Crippen LogP contribution in [0.25, 0.3) is 10.8 Å². The fraction of sp³-hybridized carbons (Fsp3) is 0.158. The molecule has 1 aliphatic carbocycles. The van der Waals surface area contributed by atoms with Crippen molar-refractivity contribution in [1.82, 2.24) is 0 Å². The van der Waals surface area contributed by atoms with Crippen molar-refractivity contribution in [2.24, 2.45) is 0 Å². The topological polar surface area (TPSA) is 46.2 Å². The van der Waals surface area contributed by atoms with Crippen LogP contribution in [-0.4, -0.2) is 8.42 Å². The maximum Gasteiger partial charge on any atom is 0.262 e. The summed E-state index contributed by atoms with van der Waals surface area (Å²) in [6.45, 7) is 0. The van der Waals surface area contributed by atoms with E-state index in [2.05, 4.69) is 4.72 Å². The average molecular weight is 358 g/mol. The molecule has 3 aromatic carbocycles. The highest BCUT2D eigenvalue weighted by Crippen LogP contribution is 2.31. The van der Waals surface area contributed by atoms with Gasteiger partial charge in [0.15, 0.2) is 0 Å². The summed E-state index contributed by atoms with van der Waals surface area (Å²) in [5.74, 6) is 0. The standard InChI is InChI=1S/C19H16ClNO2S/c20-17-8-2-5-14-6-3-9-18(19(14)17)24(22,23)21-16-11-10-13-4-1-7-15(13)12-16/h2-3,5-6,8-12,21H,1,4,7H2. The molecule has 122 valence electrons. The fourth-order valence-corrected chi connectivity index (χ4v) is 4.97. The highest BCUT2D eigenvalue weighted by atomic mass is 35.5. The highest BCUT2D eigenvalue weighted by Gasteiger charge is 2.20. The molecule has 0 fully saturated rings. The van der Waals surface area contributed by atoms with Crippen LogP contribution in [-0.2, 0) is 22.9 Å². The van der Waals surface area contributed by atoms with Crippen LogP contribution in [0.1, 0.15) is 17.5 Å². The number of anilines is 1. The van der Waals surface area contributed by atoms with Crippen LogP contribution < -0.4 is 4.72 Å². The van der Waals surface area contributed by atoms with E-state index < -0.39 is 10.0 Å². The van der Waals surface area contributed by atoms with Crippen molar-refractivity contribution in [3.8, 4) is 0 Å². The van der Waals surface area contributed by atoms with Gasteiger partial charge < -0.3 is 0 Å². The number of benzene rings is 3. The van der Waals surface area contributed by atoms with Crippen LogP contribution in [0.4, 0.5) is 5.69 Å². The minimum absolute atomic E-state index is 0.200. The van der Waals surface area contributed by atoms with Gasteiger partial charge in [0, 0.05) is 16.1 Å². The second-order valence-corrected chi connectivity index (χ2v) is 8.09. The number of hydrogen-bond donors (Lipinski definition) is 1. The van der Waals surface area contributed by atoms with Crippen molar-refractivity contribution in [3.63, 3.8) is 0 Å². The normalized spacial score (nSPS) is 13.9. The number of nitrogens with one attached hydrogen (secondary N) is 1. The SMILES string of the molecule is O=S(=O)(Nc1ccc2c(c1)CCC2)c1cccc2cccc(Cl)c12. The number of halogens is 1. The van der Waals surface area contributed by atoms with E-state index in [0.717, 1.165) is 24.6 Å². The molecule has 3 aromatic rings. The Morgan fingerprint density at radius 2 is 1.67 bits per heavy atom. The third-order valence-corrected chi connectivity index (χ3v) is 6.19. The summed E-state index contributed by atoms with van der Waals surface area (Å²) in [4.78, 5) is 0.200. The van der Waals surface area contributed by atoms with E-state index in [1.807, 2.05) is 36.4 Å². The molecule has 3 nitrogen and oxygen atoms in total. The van der Waals surface area contributed by atoms with E-state index >= 15 is 0 Å². The average Bonchev–Trinajstić information content (AvgIpc) is 3.02. The van der Waals surface area contributed by atoms with Crippen molar-refractivity contribution >= 4 is 38.1 Å². The van der Waals surface area contributed by atoms with Crippen molar-refractivity contribution < 1.29 is 8.42 Å². The molecule has 0 aliphatic heterocycles. The van der Waals surface area contributed by atoms with E-state index in [4.69, 9.17) is 11.6 Å². The Morgan fingerprint density at radius 1 is 0.917 bits per heavy atom. The fourth-order valence-electron chi connectivity index (χ4n) is 3.33. The molecule has 0 amide bonds. The van der Waals surface area contributed by atoms with E-state index in [1.54, 1.807) is 18.2 Å². The van der Waals surface area contributed by atoms with Gasteiger partial charge in [-0.2, -0.15) is 0 Å². The molecule has 24 heavy (non-hydrogen) atoms. The zero-order chi connectivity index (χ0) is 16.7. The lowest BCUT2D eigenvalue weighted by Gasteiger charge is -2.12. The summed E-state index contributed by atoms with van der Waals surface area (Å²) < 4.78 is 28.5. The van der Waals surface area contributed by atoms with Gasteiger partial charge >= 0.3 is 0 Å². The number of fused-ring (bicyclic) bond motifs is 2. The molecular formula is C19H16ClNO2S. The maximum atomic E-state index is 12.9. The van der Waals surface area contributed by atoms with Gasteiger partial charge in [0.1, 0.15) is 0 Å². The lowest BCUT2D eigenvalue weighted by Crippen LogP contribution is -2.13. The first-order chi connectivity index (χ1) is 11.5. The molecule has 5 heteroatoms. The maximum absolute atomic E-state index is 12.9. The Bertz CT molecular complexity index is 1040. The molecule has 1 N–H and O–H groups in total. The summed E-state index contributed by atoms with van der Waals surface area (Å²) in [6, 6.07) is 16.3. The Kier molecular flexibility index (Phi) is 3.74. The first kappa shape index (κ1) is 15.5. The van der Waals surface area contributed by atoms with Crippen LogP contribution in [0.2, 0.25) is 5.02 Å². The summed E-state index contributed by atoms with van der Waals surface area (Å²) in [5, 5.41) is 1.79. The van der Waals surface area contributed by atoms with Crippen molar-refractivity contribution in [1.29, 1.82) is 0 Å². The lowest BCUT2D eigenvalue weighted by atomic mass is 10.1. The van der Waals surface area contributed by atoms with Crippen LogP contribution in [0.5, 0.6) is 0 Å². The third kappa shape index (κ3) is 2.66. The first-order valence-electron chi connectivity index (χ1n) is 7.86. The molecule has 0 unspecified atom stereocenters. The number of rotatable bonds is 3. The van der Waals surface area contributed by atoms with Gasteiger partial charge in [-0.25, -0.2) is 8.42 Å². The number of sulfonamides is 1. The predicted octanol–water partition coefficient (Wildman–Crippen LogP) is 4.78. The molecule has 1 aliphatic rings. The second-order valence-electron chi connectivity index (χ2n) is 6.04. The lowest BCUT2D eigenvalue weighted by molar-refractivity contribution is 0.602. The van der Waals surface area contributed by atoms with Gasteiger partial charge in [-0.15, -0.1) is 0 Å². The molecule has 0 heterocycles. The van der Waals surface area contributed by atoms with E-state index in [9.17, 15) is 8.42 Å². The smallest absolute Gasteiger partial charge is 0.262 e. The molecule has 0 aromatic heterocycles. The van der Waals surface area contributed by atoms with Crippen LogP contribution in [0, 0.1) is 0 Å². The molecule has 0 radical (unpaired) electrons. The summed E-state index contributed by atoms with van der Waals surface area (Å²) in [6.07, 6.45) is 3.21. The molecule has 0 atom stereocenters. The first-order valence-corrected chi connectivity index (χ1v) is 9.72. The van der Waals surface area contributed by atoms with E-state index in [-0.39, 0.29) is 4.90 Å². The molecule has 0 saturated heterocycles. The predicted molar refractivity (Wildman–Crippen MR) is 98.2 cm³/mol. The van der Waals surface area contributed by atoms with Crippen LogP contribution in [0.3, 0.4) is 0 Å². The Hall–Kier alpha value is -2.04. The number of hydrogen-bond acceptors (Lipinski definition) is 2. The van der Waals surface area contributed by atoms with Crippen LogP contribution in [0.15, 0.2) is 59.5 Å². The minimum atomic E-state index is -3.71. The highest BCUT2D eigenvalue weighted by molar-refractivity contribution is 7.93. The summed E-state index contributed by atoms with van der Waals surface area (Å²) in [7, 11) is -3.71. The molecule has 0 spiro atoms. The summed E-state index contributed by atoms with van der Waals surface area (Å²) >= 11 is 6.26. The van der Waals surface area contributed by atoms with Gasteiger partial charge in [-0.3, -0.25) is 4.72 Å². The van der Waals surface area contributed by atoms with Crippen LogP contribution >= 0.6 is 11.6 Å².